The van der Waals surface area contributed by atoms with Crippen molar-refractivity contribution < 1.29 is 4.74 Å². The largest absolute Gasteiger partial charge is 0.492 e. The molecule has 3 heteroatoms. The third kappa shape index (κ3) is 2.97. The lowest BCUT2D eigenvalue weighted by atomic mass is 10.2. The number of rotatable bonds is 3. The van der Waals surface area contributed by atoms with E-state index in [1.165, 1.54) is 0 Å². The lowest BCUT2D eigenvalue weighted by molar-refractivity contribution is 0.0781. The minimum Gasteiger partial charge on any atom is -0.492 e. The minimum absolute atomic E-state index is 0.499. The second kappa shape index (κ2) is 5.32. The van der Waals surface area contributed by atoms with Gasteiger partial charge in [-0.25, -0.2) is 0 Å². The normalized spacial score (nSPS) is 23.2. The molecule has 16 heavy (non-hydrogen) atoms. The maximum absolute atomic E-state index is 5.80. The van der Waals surface area contributed by atoms with E-state index in [0.717, 1.165) is 32.0 Å². The van der Waals surface area contributed by atoms with Crippen molar-refractivity contribution in [2.75, 3.05) is 40.3 Å². The first kappa shape index (κ1) is 11.4. The van der Waals surface area contributed by atoms with Crippen molar-refractivity contribution in [2.24, 2.45) is 0 Å². The number of ether oxygens (including phenoxy) is 1. The number of nitrogens with zero attached hydrogens (tertiary/aromatic N) is 2. The number of piperazine rings is 1. The van der Waals surface area contributed by atoms with Gasteiger partial charge in [0.2, 0.25) is 0 Å². The highest BCUT2D eigenvalue weighted by molar-refractivity contribution is 5.20. The van der Waals surface area contributed by atoms with Crippen LogP contribution in [-0.2, 0) is 0 Å². The van der Waals surface area contributed by atoms with Crippen LogP contribution >= 0.6 is 0 Å². The van der Waals surface area contributed by atoms with Crippen molar-refractivity contribution in [3.63, 3.8) is 0 Å². The number of para-hydroxylation sites is 1. The van der Waals surface area contributed by atoms with E-state index in [2.05, 4.69) is 23.9 Å². The quantitative estimate of drug-likeness (QED) is 0.764. The van der Waals surface area contributed by atoms with Gasteiger partial charge < -0.3 is 9.64 Å². The SMILES string of the molecule is CN1CCN(C)C(COc2ccccc2)C1. The first-order valence-electron chi connectivity index (χ1n) is 5.82. The van der Waals surface area contributed by atoms with Gasteiger partial charge in [0.15, 0.2) is 0 Å². The molecule has 3 nitrogen and oxygen atoms in total. The molecule has 0 radical (unpaired) electrons. The van der Waals surface area contributed by atoms with Crippen LogP contribution in [0.2, 0.25) is 0 Å². The van der Waals surface area contributed by atoms with Gasteiger partial charge >= 0.3 is 0 Å². The average molecular weight is 220 g/mol. The summed E-state index contributed by atoms with van der Waals surface area (Å²) in [6.45, 7) is 4.13. The second-order valence-corrected chi connectivity index (χ2v) is 4.52. The van der Waals surface area contributed by atoms with E-state index in [1.807, 2.05) is 30.3 Å². The fourth-order valence-corrected chi connectivity index (χ4v) is 1.99. The third-order valence-corrected chi connectivity index (χ3v) is 3.17. The van der Waals surface area contributed by atoms with Gasteiger partial charge in [0.25, 0.3) is 0 Å². The molecular weight excluding hydrogens is 200 g/mol. The third-order valence-electron chi connectivity index (χ3n) is 3.17. The molecule has 0 amide bonds. The number of benzene rings is 1. The highest BCUT2D eigenvalue weighted by atomic mass is 16.5. The topological polar surface area (TPSA) is 15.7 Å². The first-order valence-corrected chi connectivity index (χ1v) is 5.82. The van der Waals surface area contributed by atoms with Crippen molar-refractivity contribution in [3.8, 4) is 5.75 Å². The summed E-state index contributed by atoms with van der Waals surface area (Å²) < 4.78 is 5.80. The molecule has 0 bridgehead atoms. The molecule has 2 rings (SSSR count). The lowest BCUT2D eigenvalue weighted by Crippen LogP contribution is -2.52. The van der Waals surface area contributed by atoms with Gasteiger partial charge in [0.1, 0.15) is 12.4 Å². The molecule has 1 aromatic carbocycles. The van der Waals surface area contributed by atoms with Gasteiger partial charge in [-0.1, -0.05) is 18.2 Å². The van der Waals surface area contributed by atoms with Crippen LogP contribution in [0, 0.1) is 0 Å². The highest BCUT2D eigenvalue weighted by Crippen LogP contribution is 2.11. The van der Waals surface area contributed by atoms with E-state index < -0.39 is 0 Å². The number of hydrogen-bond acceptors (Lipinski definition) is 3. The fourth-order valence-electron chi connectivity index (χ4n) is 1.99. The zero-order valence-corrected chi connectivity index (χ0v) is 10.1. The second-order valence-electron chi connectivity index (χ2n) is 4.52. The Morgan fingerprint density at radius 1 is 1.19 bits per heavy atom. The van der Waals surface area contributed by atoms with Gasteiger partial charge in [-0.15, -0.1) is 0 Å². The highest BCUT2D eigenvalue weighted by Gasteiger charge is 2.22. The molecule has 1 atom stereocenters. The van der Waals surface area contributed by atoms with E-state index in [0.29, 0.717) is 6.04 Å². The van der Waals surface area contributed by atoms with Gasteiger partial charge in [-0.2, -0.15) is 0 Å². The van der Waals surface area contributed by atoms with Crippen LogP contribution in [0.1, 0.15) is 0 Å². The maximum atomic E-state index is 5.80. The summed E-state index contributed by atoms with van der Waals surface area (Å²) in [6.07, 6.45) is 0. The molecule has 1 fully saturated rings. The van der Waals surface area contributed by atoms with Gasteiger partial charge in [0, 0.05) is 19.6 Å². The van der Waals surface area contributed by atoms with Crippen LogP contribution in [0.5, 0.6) is 5.75 Å². The van der Waals surface area contributed by atoms with E-state index in [4.69, 9.17) is 4.74 Å². The van der Waals surface area contributed by atoms with Crippen molar-refractivity contribution >= 4 is 0 Å². The molecule has 0 spiro atoms. The van der Waals surface area contributed by atoms with Crippen molar-refractivity contribution in [1.29, 1.82) is 0 Å². The molecular formula is C13H20N2O. The molecule has 1 saturated heterocycles. The van der Waals surface area contributed by atoms with E-state index in [-0.39, 0.29) is 0 Å². The summed E-state index contributed by atoms with van der Waals surface area (Å²) >= 11 is 0. The van der Waals surface area contributed by atoms with Crippen LogP contribution in [0.25, 0.3) is 0 Å². The Hall–Kier alpha value is -1.06. The predicted octanol–water partition coefficient (Wildman–Crippen LogP) is 1.31. The Morgan fingerprint density at radius 2 is 1.94 bits per heavy atom. The lowest BCUT2D eigenvalue weighted by Gasteiger charge is -2.37. The molecule has 88 valence electrons. The predicted molar refractivity (Wildman–Crippen MR) is 65.9 cm³/mol. The van der Waals surface area contributed by atoms with Crippen LogP contribution in [0.3, 0.4) is 0 Å². The van der Waals surface area contributed by atoms with Gasteiger partial charge in [0.05, 0.1) is 6.04 Å². The molecule has 0 saturated carbocycles. The number of hydrogen-bond donors (Lipinski definition) is 0. The summed E-state index contributed by atoms with van der Waals surface area (Å²) in [7, 11) is 4.34. The molecule has 1 unspecified atom stereocenters. The van der Waals surface area contributed by atoms with Gasteiger partial charge in [-0.05, 0) is 26.2 Å². The van der Waals surface area contributed by atoms with Crippen molar-refractivity contribution in [2.45, 2.75) is 6.04 Å². The Bertz CT molecular complexity index is 315. The number of likely N-dealkylation sites (N-methyl/N-ethyl adjacent to an activating group) is 2. The first-order chi connectivity index (χ1) is 7.75. The Labute approximate surface area is 97.6 Å². The van der Waals surface area contributed by atoms with Crippen LogP contribution in [0.4, 0.5) is 0 Å². The van der Waals surface area contributed by atoms with Crippen LogP contribution < -0.4 is 4.74 Å². The van der Waals surface area contributed by atoms with E-state index >= 15 is 0 Å². The van der Waals surface area contributed by atoms with Crippen LogP contribution in [0.15, 0.2) is 30.3 Å². The standard InChI is InChI=1S/C13H20N2O/c1-14-8-9-15(2)12(10-14)11-16-13-6-4-3-5-7-13/h3-7,12H,8-11H2,1-2H3. The summed E-state index contributed by atoms with van der Waals surface area (Å²) in [4.78, 5) is 4.74. The Morgan fingerprint density at radius 3 is 2.69 bits per heavy atom. The van der Waals surface area contributed by atoms with E-state index in [9.17, 15) is 0 Å². The van der Waals surface area contributed by atoms with Crippen molar-refractivity contribution in [3.05, 3.63) is 30.3 Å². The monoisotopic (exact) mass is 220 g/mol. The van der Waals surface area contributed by atoms with Gasteiger partial charge in [-0.3, -0.25) is 4.90 Å². The molecule has 0 aliphatic carbocycles. The van der Waals surface area contributed by atoms with Crippen molar-refractivity contribution in [1.82, 2.24) is 9.80 Å². The summed E-state index contributed by atoms with van der Waals surface area (Å²) in [5.74, 6) is 0.962. The molecule has 1 aromatic rings. The fraction of sp³-hybridized carbons (Fsp3) is 0.538. The van der Waals surface area contributed by atoms with E-state index in [1.54, 1.807) is 0 Å². The summed E-state index contributed by atoms with van der Waals surface area (Å²) in [5.41, 5.74) is 0. The molecule has 1 heterocycles. The molecule has 0 N–H and O–H groups in total. The average Bonchev–Trinajstić information content (AvgIpc) is 2.32. The minimum atomic E-state index is 0.499. The zero-order valence-electron chi connectivity index (χ0n) is 10.1. The maximum Gasteiger partial charge on any atom is 0.119 e. The Balaban J connectivity index is 1.85. The molecule has 1 aliphatic rings. The van der Waals surface area contributed by atoms with Crippen LogP contribution in [-0.4, -0.2) is 56.2 Å². The summed E-state index contributed by atoms with van der Waals surface area (Å²) in [6, 6.07) is 10.5. The Kier molecular flexibility index (Phi) is 3.80. The summed E-state index contributed by atoms with van der Waals surface area (Å²) in [5, 5.41) is 0. The molecule has 1 aliphatic heterocycles. The zero-order chi connectivity index (χ0) is 11.4. The molecule has 0 aromatic heterocycles. The smallest absolute Gasteiger partial charge is 0.119 e.